The molecule has 0 aromatic carbocycles. The van der Waals surface area contributed by atoms with Crippen molar-refractivity contribution in [3.63, 3.8) is 0 Å². The van der Waals surface area contributed by atoms with Crippen LogP contribution in [0.25, 0.3) is 0 Å². The van der Waals surface area contributed by atoms with E-state index in [4.69, 9.17) is 0 Å². The maximum absolute atomic E-state index is 11.8. The number of rotatable bonds is 0. The van der Waals surface area contributed by atoms with Gasteiger partial charge in [0.25, 0.3) is 0 Å². The highest BCUT2D eigenvalue weighted by molar-refractivity contribution is 5.81. The molecular formula is C12H18O. The third-order valence-corrected chi connectivity index (χ3v) is 3.48. The molecule has 0 N–H and O–H groups in total. The first-order valence-corrected chi connectivity index (χ1v) is 5.55. The van der Waals surface area contributed by atoms with Gasteiger partial charge in [0, 0.05) is 12.3 Å². The van der Waals surface area contributed by atoms with Crippen molar-refractivity contribution in [2.75, 3.05) is 0 Å². The number of hydrogen-bond acceptors (Lipinski definition) is 1. The van der Waals surface area contributed by atoms with Crippen molar-refractivity contribution >= 4 is 5.78 Å². The Labute approximate surface area is 80.2 Å². The summed E-state index contributed by atoms with van der Waals surface area (Å²) in [5, 5.41) is 0. The summed E-state index contributed by atoms with van der Waals surface area (Å²) in [4.78, 5) is 11.8. The fourth-order valence-electron chi connectivity index (χ4n) is 2.65. The molecule has 0 bridgehead atoms. The van der Waals surface area contributed by atoms with Gasteiger partial charge in [0.05, 0.1) is 0 Å². The van der Waals surface area contributed by atoms with Gasteiger partial charge in [-0.2, -0.15) is 0 Å². The van der Waals surface area contributed by atoms with E-state index in [9.17, 15) is 4.79 Å². The zero-order valence-corrected chi connectivity index (χ0v) is 8.17. The van der Waals surface area contributed by atoms with Crippen molar-refractivity contribution in [2.45, 2.75) is 44.9 Å². The summed E-state index contributed by atoms with van der Waals surface area (Å²) < 4.78 is 0. The van der Waals surface area contributed by atoms with Crippen LogP contribution in [0.5, 0.6) is 0 Å². The molecule has 13 heavy (non-hydrogen) atoms. The Bertz CT molecular complexity index is 217. The average molecular weight is 178 g/mol. The minimum Gasteiger partial charge on any atom is -0.299 e. The highest BCUT2D eigenvalue weighted by Crippen LogP contribution is 2.33. The fraction of sp³-hybridized carbons (Fsp3) is 0.750. The van der Waals surface area contributed by atoms with Crippen molar-refractivity contribution in [3.8, 4) is 0 Å². The Morgan fingerprint density at radius 1 is 1.08 bits per heavy atom. The Morgan fingerprint density at radius 2 is 1.92 bits per heavy atom. The summed E-state index contributed by atoms with van der Waals surface area (Å²) >= 11 is 0. The van der Waals surface area contributed by atoms with Gasteiger partial charge in [-0.25, -0.2) is 0 Å². The molecule has 2 rings (SSSR count). The molecule has 0 heterocycles. The predicted molar refractivity (Wildman–Crippen MR) is 53.4 cm³/mol. The average Bonchev–Trinajstić information content (AvgIpc) is 2.14. The van der Waals surface area contributed by atoms with Crippen molar-refractivity contribution < 1.29 is 4.79 Å². The standard InChI is InChI=1S/C12H18O/c13-12-9-3-1-2-6-10-7-4-5-8-11(10)12/h4-5,10-11H,1-3,6-9H2/t10-,11+/m1/s1. The number of Topliss-reactive ketones (excluding diaryl/α,β-unsaturated/α-hetero) is 1. The second-order valence-electron chi connectivity index (χ2n) is 4.38. The van der Waals surface area contributed by atoms with E-state index in [1.807, 2.05) is 0 Å². The lowest BCUT2D eigenvalue weighted by atomic mass is 9.75. The van der Waals surface area contributed by atoms with Crippen molar-refractivity contribution in [1.29, 1.82) is 0 Å². The van der Waals surface area contributed by atoms with Crippen LogP contribution >= 0.6 is 0 Å². The molecule has 0 aromatic heterocycles. The number of fused-ring (bicyclic) bond motifs is 1. The molecule has 2 aliphatic rings. The Hall–Kier alpha value is -0.590. The first-order valence-electron chi connectivity index (χ1n) is 5.55. The van der Waals surface area contributed by atoms with Crippen LogP contribution in [-0.4, -0.2) is 5.78 Å². The quantitative estimate of drug-likeness (QED) is 0.521. The molecule has 1 fully saturated rings. The number of allylic oxidation sites excluding steroid dienone is 2. The Balaban J connectivity index is 2.07. The van der Waals surface area contributed by atoms with Gasteiger partial charge in [0.2, 0.25) is 0 Å². The van der Waals surface area contributed by atoms with Crippen LogP contribution in [0, 0.1) is 11.8 Å². The number of hydrogen-bond donors (Lipinski definition) is 0. The Kier molecular flexibility index (Phi) is 2.82. The smallest absolute Gasteiger partial charge is 0.136 e. The zero-order valence-electron chi connectivity index (χ0n) is 8.17. The van der Waals surface area contributed by atoms with Gasteiger partial charge >= 0.3 is 0 Å². The highest BCUT2D eigenvalue weighted by Gasteiger charge is 2.28. The van der Waals surface area contributed by atoms with Crippen molar-refractivity contribution in [2.24, 2.45) is 11.8 Å². The zero-order chi connectivity index (χ0) is 9.10. The van der Waals surface area contributed by atoms with Crippen LogP contribution < -0.4 is 0 Å². The Morgan fingerprint density at radius 3 is 2.85 bits per heavy atom. The second kappa shape index (κ2) is 4.08. The highest BCUT2D eigenvalue weighted by atomic mass is 16.1. The number of ketones is 1. The molecule has 72 valence electrons. The second-order valence-corrected chi connectivity index (χ2v) is 4.38. The van der Waals surface area contributed by atoms with E-state index < -0.39 is 0 Å². The van der Waals surface area contributed by atoms with Gasteiger partial charge in [-0.1, -0.05) is 25.0 Å². The van der Waals surface area contributed by atoms with Crippen LogP contribution in [0.3, 0.4) is 0 Å². The van der Waals surface area contributed by atoms with Gasteiger partial charge < -0.3 is 0 Å². The normalized spacial score (nSPS) is 34.9. The van der Waals surface area contributed by atoms with Gasteiger partial charge in [0.15, 0.2) is 0 Å². The number of carbonyl (C=O) groups is 1. The van der Waals surface area contributed by atoms with Gasteiger partial charge in [-0.05, 0) is 31.6 Å². The minimum atomic E-state index is 0.380. The molecule has 0 unspecified atom stereocenters. The van der Waals surface area contributed by atoms with Crippen LogP contribution in [-0.2, 0) is 4.79 Å². The lowest BCUT2D eigenvalue weighted by Crippen LogP contribution is -2.26. The van der Waals surface area contributed by atoms with E-state index in [1.54, 1.807) is 0 Å². The van der Waals surface area contributed by atoms with Crippen LogP contribution in [0.15, 0.2) is 12.2 Å². The summed E-state index contributed by atoms with van der Waals surface area (Å²) in [6.45, 7) is 0. The van der Waals surface area contributed by atoms with E-state index in [2.05, 4.69) is 12.2 Å². The summed E-state index contributed by atoms with van der Waals surface area (Å²) in [5.41, 5.74) is 0. The first kappa shape index (κ1) is 8.98. The molecule has 2 atom stereocenters. The molecule has 0 aromatic rings. The lowest BCUT2D eigenvalue weighted by Gasteiger charge is -2.29. The number of carbonyl (C=O) groups excluding carboxylic acids is 1. The molecule has 0 saturated heterocycles. The molecule has 0 radical (unpaired) electrons. The van der Waals surface area contributed by atoms with Crippen molar-refractivity contribution in [3.05, 3.63) is 12.2 Å². The molecule has 2 aliphatic carbocycles. The summed E-state index contributed by atoms with van der Waals surface area (Å²) in [5.74, 6) is 1.59. The molecule has 1 nitrogen and oxygen atoms in total. The van der Waals surface area contributed by atoms with Crippen molar-refractivity contribution in [1.82, 2.24) is 0 Å². The van der Waals surface area contributed by atoms with E-state index in [1.165, 1.54) is 19.3 Å². The third-order valence-electron chi connectivity index (χ3n) is 3.48. The lowest BCUT2D eigenvalue weighted by molar-refractivity contribution is -0.125. The third kappa shape index (κ3) is 2.01. The van der Waals surface area contributed by atoms with Crippen LogP contribution in [0.2, 0.25) is 0 Å². The molecule has 1 heteroatoms. The van der Waals surface area contributed by atoms with E-state index in [0.29, 0.717) is 17.6 Å². The maximum Gasteiger partial charge on any atom is 0.136 e. The van der Waals surface area contributed by atoms with Crippen LogP contribution in [0.4, 0.5) is 0 Å². The van der Waals surface area contributed by atoms with E-state index in [-0.39, 0.29) is 0 Å². The van der Waals surface area contributed by atoms with Gasteiger partial charge in [0.1, 0.15) is 5.78 Å². The van der Waals surface area contributed by atoms with E-state index >= 15 is 0 Å². The molecule has 0 spiro atoms. The molecular weight excluding hydrogens is 160 g/mol. The fourth-order valence-corrected chi connectivity index (χ4v) is 2.65. The van der Waals surface area contributed by atoms with Gasteiger partial charge in [-0.3, -0.25) is 4.79 Å². The summed E-state index contributed by atoms with van der Waals surface area (Å²) in [7, 11) is 0. The summed E-state index contributed by atoms with van der Waals surface area (Å²) in [6.07, 6.45) is 12.5. The van der Waals surface area contributed by atoms with Crippen LogP contribution in [0.1, 0.15) is 44.9 Å². The van der Waals surface area contributed by atoms with E-state index in [0.717, 1.165) is 25.7 Å². The predicted octanol–water partition coefficient (Wildman–Crippen LogP) is 3.10. The minimum absolute atomic E-state index is 0.380. The van der Waals surface area contributed by atoms with Gasteiger partial charge in [-0.15, -0.1) is 0 Å². The topological polar surface area (TPSA) is 17.1 Å². The molecule has 1 saturated carbocycles. The monoisotopic (exact) mass is 178 g/mol. The largest absolute Gasteiger partial charge is 0.299 e. The molecule has 0 amide bonds. The maximum atomic E-state index is 11.8. The summed E-state index contributed by atoms with van der Waals surface area (Å²) in [6, 6.07) is 0. The SMILES string of the molecule is O=C1CCCCC[C@@H]2CC=CC[C@H]12. The first-order chi connectivity index (χ1) is 6.38. The molecule has 0 aliphatic heterocycles.